The van der Waals surface area contributed by atoms with E-state index in [-0.39, 0.29) is 5.78 Å². The molecule has 2 aromatic carbocycles. The highest BCUT2D eigenvalue weighted by Crippen LogP contribution is 2.46. The number of hydrogen-bond acceptors (Lipinski definition) is 4. The molecule has 1 aliphatic carbocycles. The van der Waals surface area contributed by atoms with Crippen LogP contribution < -0.4 is 10.1 Å². The number of fused-ring (bicyclic) bond motifs is 2. The Morgan fingerprint density at radius 1 is 1.24 bits per heavy atom. The summed E-state index contributed by atoms with van der Waals surface area (Å²) < 4.78 is 5.33. The zero-order valence-electron chi connectivity index (χ0n) is 14.1. The molecule has 1 aliphatic heterocycles. The number of amides is 1. The molecule has 1 amide bonds. The molecular weight excluding hydrogens is 318 g/mol. The van der Waals surface area contributed by atoms with Gasteiger partial charge in [0.2, 0.25) is 0 Å². The van der Waals surface area contributed by atoms with E-state index in [0.717, 1.165) is 16.9 Å². The second-order valence-electron chi connectivity index (χ2n) is 6.70. The third-order valence-electron chi connectivity index (χ3n) is 5.34. The van der Waals surface area contributed by atoms with Crippen molar-refractivity contribution in [2.24, 2.45) is 5.92 Å². The van der Waals surface area contributed by atoms with Crippen molar-refractivity contribution in [2.75, 3.05) is 12.4 Å². The van der Waals surface area contributed by atoms with Gasteiger partial charge in [0.25, 0.3) is 5.91 Å². The molecule has 5 nitrogen and oxygen atoms in total. The van der Waals surface area contributed by atoms with Crippen LogP contribution in [0.3, 0.4) is 0 Å². The highest BCUT2D eigenvalue weighted by Gasteiger charge is 2.54. The maximum atomic E-state index is 13.1. The first-order valence-electron chi connectivity index (χ1n) is 8.32. The number of para-hydroxylation sites is 1. The first-order valence-corrected chi connectivity index (χ1v) is 8.32. The molecule has 2 aliphatic rings. The number of ether oxygens (including phenoxy) is 1. The average Bonchev–Trinajstić information content (AvgIpc) is 2.87. The van der Waals surface area contributed by atoms with Gasteiger partial charge in [-0.05, 0) is 49.1 Å². The number of aliphatic hydroxyl groups is 1. The van der Waals surface area contributed by atoms with Crippen molar-refractivity contribution in [3.8, 4) is 5.75 Å². The number of carbonyl (C=O) groups is 2. The molecule has 128 valence electrons. The molecule has 25 heavy (non-hydrogen) atoms. The molecule has 0 fully saturated rings. The van der Waals surface area contributed by atoms with Gasteiger partial charge in [0.1, 0.15) is 5.75 Å². The van der Waals surface area contributed by atoms with Crippen LogP contribution in [0.4, 0.5) is 5.69 Å². The monoisotopic (exact) mass is 337 g/mol. The van der Waals surface area contributed by atoms with Gasteiger partial charge in [-0.25, -0.2) is 0 Å². The Labute approximate surface area is 145 Å². The number of nitrogens with one attached hydrogen (secondary N) is 1. The third-order valence-corrected chi connectivity index (χ3v) is 5.34. The number of anilines is 1. The number of benzene rings is 2. The van der Waals surface area contributed by atoms with E-state index in [2.05, 4.69) is 5.32 Å². The van der Waals surface area contributed by atoms with Gasteiger partial charge in [-0.3, -0.25) is 9.59 Å². The first kappa shape index (κ1) is 15.8. The summed E-state index contributed by atoms with van der Waals surface area (Å²) in [6, 6.07) is 10.7. The van der Waals surface area contributed by atoms with Gasteiger partial charge in [0, 0.05) is 16.8 Å². The van der Waals surface area contributed by atoms with Crippen LogP contribution >= 0.6 is 0 Å². The zero-order valence-corrected chi connectivity index (χ0v) is 14.1. The molecule has 2 atom stereocenters. The number of hydrogen-bond donors (Lipinski definition) is 2. The Morgan fingerprint density at radius 3 is 2.76 bits per heavy atom. The van der Waals surface area contributed by atoms with Gasteiger partial charge in [-0.15, -0.1) is 0 Å². The normalized spacial score (nSPS) is 24.5. The van der Waals surface area contributed by atoms with Crippen molar-refractivity contribution in [2.45, 2.75) is 25.4 Å². The Hall–Kier alpha value is -2.66. The van der Waals surface area contributed by atoms with E-state index >= 15 is 0 Å². The van der Waals surface area contributed by atoms with Crippen molar-refractivity contribution in [1.29, 1.82) is 0 Å². The van der Waals surface area contributed by atoms with Crippen LogP contribution in [0.2, 0.25) is 0 Å². The standard InChI is InChI=1S/C20H19NO4/c1-11-9-13-12(10-17(11)25-2)7-8-15(18(13)22)20(24)14-5-3-4-6-16(14)21-19(20)23/h3-6,9-10,15,24H,7-8H2,1-2H3,(H,21,23)/t15-,20+/m1/s1. The minimum Gasteiger partial charge on any atom is -0.496 e. The number of aryl methyl sites for hydroxylation is 2. The van der Waals surface area contributed by atoms with Gasteiger partial charge < -0.3 is 15.2 Å². The number of rotatable bonds is 2. The summed E-state index contributed by atoms with van der Waals surface area (Å²) in [6.07, 6.45) is 1.02. The predicted octanol–water partition coefficient (Wildman–Crippen LogP) is 2.59. The average molecular weight is 337 g/mol. The quantitative estimate of drug-likeness (QED) is 0.883. The Kier molecular flexibility index (Phi) is 3.44. The maximum Gasteiger partial charge on any atom is 0.261 e. The Morgan fingerprint density at radius 2 is 2.00 bits per heavy atom. The molecule has 0 saturated heterocycles. The van der Waals surface area contributed by atoms with Crippen LogP contribution in [0.25, 0.3) is 0 Å². The predicted molar refractivity (Wildman–Crippen MR) is 92.8 cm³/mol. The summed E-state index contributed by atoms with van der Waals surface area (Å²) in [6.45, 7) is 1.88. The number of carbonyl (C=O) groups excluding carboxylic acids is 2. The van der Waals surface area contributed by atoms with Crippen molar-refractivity contribution in [3.63, 3.8) is 0 Å². The molecular formula is C20H19NO4. The molecule has 0 aromatic heterocycles. The minimum absolute atomic E-state index is 0.193. The van der Waals surface area contributed by atoms with Gasteiger partial charge in [-0.2, -0.15) is 0 Å². The molecule has 4 rings (SSSR count). The lowest BCUT2D eigenvalue weighted by molar-refractivity contribution is -0.138. The van der Waals surface area contributed by atoms with E-state index in [1.165, 1.54) is 0 Å². The molecule has 2 aromatic rings. The van der Waals surface area contributed by atoms with E-state index < -0.39 is 17.4 Å². The van der Waals surface area contributed by atoms with E-state index in [1.54, 1.807) is 37.4 Å². The fourth-order valence-corrected chi connectivity index (χ4v) is 4.01. The minimum atomic E-state index is -1.82. The lowest BCUT2D eigenvalue weighted by Gasteiger charge is -2.33. The largest absolute Gasteiger partial charge is 0.496 e. The Bertz CT molecular complexity index is 905. The molecule has 2 N–H and O–H groups in total. The lowest BCUT2D eigenvalue weighted by Crippen LogP contribution is -2.47. The van der Waals surface area contributed by atoms with Gasteiger partial charge in [0.15, 0.2) is 11.4 Å². The first-order chi connectivity index (χ1) is 12.0. The molecule has 1 heterocycles. The highest BCUT2D eigenvalue weighted by molar-refractivity contribution is 6.11. The van der Waals surface area contributed by atoms with Crippen LogP contribution in [0.15, 0.2) is 36.4 Å². The highest BCUT2D eigenvalue weighted by atomic mass is 16.5. The van der Waals surface area contributed by atoms with Gasteiger partial charge in [0.05, 0.1) is 13.0 Å². The smallest absolute Gasteiger partial charge is 0.261 e. The molecule has 0 spiro atoms. The number of ketones is 1. The van der Waals surface area contributed by atoms with Crippen LogP contribution in [-0.4, -0.2) is 23.9 Å². The van der Waals surface area contributed by atoms with Crippen molar-refractivity contribution < 1.29 is 19.4 Å². The van der Waals surface area contributed by atoms with E-state index in [1.807, 2.05) is 13.0 Å². The number of methoxy groups -OCH3 is 1. The summed E-state index contributed by atoms with van der Waals surface area (Å²) in [4.78, 5) is 25.7. The van der Waals surface area contributed by atoms with Crippen LogP contribution in [0.1, 0.15) is 33.5 Å². The van der Waals surface area contributed by atoms with E-state index in [4.69, 9.17) is 4.74 Å². The second-order valence-corrected chi connectivity index (χ2v) is 6.70. The Balaban J connectivity index is 1.80. The summed E-state index contributed by atoms with van der Waals surface area (Å²) in [5.74, 6) is -0.772. The van der Waals surface area contributed by atoms with Gasteiger partial charge >= 0.3 is 0 Å². The molecule has 0 unspecified atom stereocenters. The number of Topliss-reactive ketones (excluding diaryl/α,β-unsaturated/α-hetero) is 1. The topological polar surface area (TPSA) is 75.6 Å². The molecule has 5 heteroatoms. The summed E-state index contributed by atoms with van der Waals surface area (Å²) in [5.41, 5.74) is 1.56. The SMILES string of the molecule is COc1cc2c(cc1C)C(=O)[C@H]([C@]1(O)C(=O)Nc3ccccc31)CC2. The molecule has 0 saturated carbocycles. The van der Waals surface area contributed by atoms with E-state index in [9.17, 15) is 14.7 Å². The fourth-order valence-electron chi connectivity index (χ4n) is 4.01. The van der Waals surface area contributed by atoms with Gasteiger partial charge in [-0.1, -0.05) is 18.2 Å². The fraction of sp³-hybridized carbons (Fsp3) is 0.300. The van der Waals surface area contributed by atoms with Crippen molar-refractivity contribution >= 4 is 17.4 Å². The molecule has 0 bridgehead atoms. The van der Waals surface area contributed by atoms with Crippen molar-refractivity contribution in [3.05, 3.63) is 58.7 Å². The third kappa shape index (κ3) is 2.12. The molecule has 0 radical (unpaired) electrons. The summed E-state index contributed by atoms with van der Waals surface area (Å²) in [7, 11) is 1.60. The summed E-state index contributed by atoms with van der Waals surface area (Å²) in [5, 5.41) is 13.9. The second kappa shape index (κ2) is 5.43. The van der Waals surface area contributed by atoms with Crippen molar-refractivity contribution in [1.82, 2.24) is 0 Å². The van der Waals surface area contributed by atoms with Crippen LogP contribution in [0.5, 0.6) is 5.75 Å². The zero-order chi connectivity index (χ0) is 17.8. The van der Waals surface area contributed by atoms with Crippen LogP contribution in [0, 0.1) is 12.8 Å². The lowest BCUT2D eigenvalue weighted by atomic mass is 9.71. The maximum absolute atomic E-state index is 13.1. The van der Waals surface area contributed by atoms with Crippen LogP contribution in [-0.2, 0) is 16.8 Å². The summed E-state index contributed by atoms with van der Waals surface area (Å²) >= 11 is 0. The van der Waals surface area contributed by atoms with E-state index in [0.29, 0.717) is 29.7 Å².